The molecule has 5 aromatic rings. The van der Waals surface area contributed by atoms with Crippen molar-refractivity contribution < 1.29 is 0 Å². The van der Waals surface area contributed by atoms with Crippen molar-refractivity contribution in [3.63, 3.8) is 0 Å². The van der Waals surface area contributed by atoms with E-state index in [1.54, 1.807) is 0 Å². The highest BCUT2D eigenvalue weighted by atomic mass is 14.3. The van der Waals surface area contributed by atoms with Crippen molar-refractivity contribution in [2.24, 2.45) is 23.7 Å². The van der Waals surface area contributed by atoms with Crippen LogP contribution in [-0.2, 0) is 0 Å². The third-order valence-electron chi connectivity index (χ3n) is 19.4. The number of allylic oxidation sites excluding steroid dienone is 30. The second kappa shape index (κ2) is 21.3. The Morgan fingerprint density at radius 3 is 1.66 bits per heavy atom. The van der Waals surface area contributed by atoms with E-state index in [4.69, 9.17) is 0 Å². The Morgan fingerprint density at radius 2 is 0.988 bits per heavy atom. The number of hydrogen-bond acceptors (Lipinski definition) is 0. The monoisotopic (exact) mass is 1030 g/mol. The van der Waals surface area contributed by atoms with Gasteiger partial charge in [0.05, 0.1) is 0 Å². The molecular formula is C80H72. The molecule has 15 rings (SSSR count). The zero-order valence-electron chi connectivity index (χ0n) is 46.4. The van der Waals surface area contributed by atoms with Crippen molar-refractivity contribution in [1.29, 1.82) is 0 Å². The Balaban J connectivity index is 0.812. The van der Waals surface area contributed by atoms with Crippen molar-refractivity contribution in [1.82, 2.24) is 0 Å². The molecule has 0 N–H and O–H groups in total. The molecule has 0 bridgehead atoms. The molecule has 5 unspecified atom stereocenters. The van der Waals surface area contributed by atoms with Crippen LogP contribution in [0.4, 0.5) is 0 Å². The first-order valence-electron chi connectivity index (χ1n) is 30.6. The molecule has 80 heavy (non-hydrogen) atoms. The molecule has 0 saturated carbocycles. The average Bonchev–Trinajstić information content (AvgIpc) is 3.72. The molecule has 10 aliphatic rings. The summed E-state index contributed by atoms with van der Waals surface area (Å²) in [5, 5.41) is 11.4. The van der Waals surface area contributed by atoms with Crippen molar-refractivity contribution in [2.75, 3.05) is 0 Å². The maximum absolute atomic E-state index is 2.66. The molecule has 0 aromatic heterocycles. The van der Waals surface area contributed by atoms with E-state index in [0.717, 1.165) is 83.5 Å². The predicted octanol–water partition coefficient (Wildman–Crippen LogP) is 18.0. The largest absolute Gasteiger partial charge is 0.0842 e. The number of rotatable bonds is 9. The highest BCUT2D eigenvalue weighted by Crippen LogP contribution is 2.46. The molecule has 0 radical (unpaired) electrons. The molecule has 0 nitrogen and oxygen atoms in total. The Bertz CT molecular complexity index is 4210. The van der Waals surface area contributed by atoms with Crippen molar-refractivity contribution >= 4 is 73.7 Å². The molecule has 0 heteroatoms. The van der Waals surface area contributed by atoms with E-state index >= 15 is 0 Å². The van der Waals surface area contributed by atoms with Gasteiger partial charge in [-0.3, -0.25) is 0 Å². The fraction of sp³-hybridized carbons (Fsp3) is 0.250. The Kier molecular flexibility index (Phi) is 13.1. The van der Waals surface area contributed by atoms with Crippen LogP contribution in [-0.4, -0.2) is 0 Å². The first-order valence-corrected chi connectivity index (χ1v) is 30.6. The maximum atomic E-state index is 2.66. The number of fused-ring (bicyclic) bond motifs is 5. The molecule has 10 aliphatic carbocycles. The quantitative estimate of drug-likeness (QED) is 0.138. The summed E-state index contributed by atoms with van der Waals surface area (Å²) in [4.78, 5) is 0. The van der Waals surface area contributed by atoms with Gasteiger partial charge in [0, 0.05) is 23.7 Å². The van der Waals surface area contributed by atoms with Crippen LogP contribution in [0.5, 0.6) is 0 Å². The minimum absolute atomic E-state index is 0.272. The molecule has 392 valence electrons. The summed E-state index contributed by atoms with van der Waals surface area (Å²) < 4.78 is 0. The lowest BCUT2D eigenvalue weighted by molar-refractivity contribution is 0.572. The Hall–Kier alpha value is -7.80. The maximum Gasteiger partial charge on any atom is 0.00645 e. The molecule has 0 fully saturated rings. The van der Waals surface area contributed by atoms with Crippen LogP contribution in [0.15, 0.2) is 223 Å². The first kappa shape index (κ1) is 49.3. The van der Waals surface area contributed by atoms with Crippen LogP contribution in [0, 0.1) is 23.7 Å². The van der Waals surface area contributed by atoms with E-state index in [9.17, 15) is 0 Å². The van der Waals surface area contributed by atoms with Crippen molar-refractivity contribution in [3.8, 4) is 0 Å². The van der Waals surface area contributed by atoms with Crippen LogP contribution in [0.2, 0.25) is 0 Å². The summed E-state index contributed by atoms with van der Waals surface area (Å²) in [5.74, 6) is 1.89. The number of hydrogen-bond donors (Lipinski definition) is 0. The minimum atomic E-state index is 0.272. The van der Waals surface area contributed by atoms with Gasteiger partial charge >= 0.3 is 0 Å². The van der Waals surface area contributed by atoms with Crippen molar-refractivity contribution in [3.05, 3.63) is 277 Å². The molecule has 0 spiro atoms. The SMILES string of the molecule is C1=CCCC(c2c3c(c(C4=CC(c5cccc(C6C=C(C7C=C(C8C=CC=CC8)C=C(c8c9c(c(C%10=CC%11=CC=CCC%11CC%10)c%10ccccc8%10)=CCCC=9)C7)C=CC6)c5)=CC(C5=CCCC=C5)C4)c4ccccc24)=CCCC=3)=C1. The molecule has 0 aliphatic heterocycles. The second-order valence-corrected chi connectivity index (χ2v) is 24.2. The number of benzene rings is 5. The summed E-state index contributed by atoms with van der Waals surface area (Å²) in [6.45, 7) is 0. The van der Waals surface area contributed by atoms with Crippen LogP contribution < -0.4 is 20.9 Å². The van der Waals surface area contributed by atoms with E-state index in [2.05, 4.69) is 225 Å². The molecule has 5 aromatic carbocycles. The lowest BCUT2D eigenvalue weighted by Gasteiger charge is -2.31. The summed E-state index contributed by atoms with van der Waals surface area (Å²) in [6, 6.07) is 28.4. The molecule has 0 amide bonds. The van der Waals surface area contributed by atoms with E-state index in [1.807, 2.05) is 0 Å². The van der Waals surface area contributed by atoms with Gasteiger partial charge in [-0.15, -0.1) is 0 Å². The predicted molar refractivity (Wildman–Crippen MR) is 344 cm³/mol. The van der Waals surface area contributed by atoms with Gasteiger partial charge in [-0.05, 0) is 228 Å². The zero-order valence-corrected chi connectivity index (χ0v) is 46.4. The smallest absolute Gasteiger partial charge is 0.00645 e. The van der Waals surface area contributed by atoms with Gasteiger partial charge in [-0.2, -0.15) is 0 Å². The molecule has 0 heterocycles. The van der Waals surface area contributed by atoms with Crippen LogP contribution in [0.3, 0.4) is 0 Å². The summed E-state index contributed by atoms with van der Waals surface area (Å²) in [5.41, 5.74) is 21.8. The Labute approximate surface area is 473 Å². The van der Waals surface area contributed by atoms with Gasteiger partial charge in [0.25, 0.3) is 0 Å². The van der Waals surface area contributed by atoms with Gasteiger partial charge in [0.15, 0.2) is 0 Å². The van der Waals surface area contributed by atoms with Crippen LogP contribution in [0.1, 0.15) is 136 Å². The van der Waals surface area contributed by atoms with Gasteiger partial charge in [0.1, 0.15) is 0 Å². The normalized spacial score (nSPS) is 24.6. The van der Waals surface area contributed by atoms with E-state index in [1.165, 1.54) is 139 Å². The topological polar surface area (TPSA) is 0 Å². The van der Waals surface area contributed by atoms with Gasteiger partial charge in [-0.25, -0.2) is 0 Å². The van der Waals surface area contributed by atoms with Crippen molar-refractivity contribution in [2.45, 2.75) is 102 Å². The van der Waals surface area contributed by atoms with Crippen LogP contribution in [0.25, 0.3) is 73.7 Å². The van der Waals surface area contributed by atoms with E-state index in [-0.39, 0.29) is 11.8 Å². The summed E-state index contributed by atoms with van der Waals surface area (Å²) >= 11 is 0. The summed E-state index contributed by atoms with van der Waals surface area (Å²) in [6.07, 6.45) is 78.0. The van der Waals surface area contributed by atoms with Gasteiger partial charge in [0.2, 0.25) is 0 Å². The van der Waals surface area contributed by atoms with E-state index in [0.29, 0.717) is 17.8 Å². The third kappa shape index (κ3) is 9.10. The first-order chi connectivity index (χ1) is 39.7. The fourth-order valence-electron chi connectivity index (χ4n) is 15.6. The average molecular weight is 1030 g/mol. The van der Waals surface area contributed by atoms with E-state index < -0.39 is 0 Å². The summed E-state index contributed by atoms with van der Waals surface area (Å²) in [7, 11) is 0. The fourth-order valence-corrected chi connectivity index (χ4v) is 15.6. The van der Waals surface area contributed by atoms with Crippen LogP contribution >= 0.6 is 0 Å². The highest BCUT2D eigenvalue weighted by molar-refractivity contribution is 6.05. The minimum Gasteiger partial charge on any atom is -0.0842 e. The second-order valence-electron chi connectivity index (χ2n) is 24.2. The Morgan fingerprint density at radius 1 is 0.375 bits per heavy atom. The van der Waals surface area contributed by atoms with Gasteiger partial charge < -0.3 is 0 Å². The molecular weight excluding hydrogens is 961 g/mol. The lowest BCUT2D eigenvalue weighted by Crippen LogP contribution is -2.35. The third-order valence-corrected chi connectivity index (χ3v) is 19.4. The highest BCUT2D eigenvalue weighted by Gasteiger charge is 2.30. The van der Waals surface area contributed by atoms with Gasteiger partial charge in [-0.1, -0.05) is 225 Å². The molecule has 0 saturated heterocycles. The molecule has 5 atom stereocenters. The lowest BCUT2D eigenvalue weighted by atomic mass is 9.74. The zero-order chi connectivity index (χ0) is 52.9. The standard InChI is InChI=1S/C80H72/c1-4-22-53(23-5-1)63-47-65(51-67(49-63)79-73-38-16-12-34-69(73)77(56-27-8-3-9-28-56)70-35-13-17-39-74(70)79)60-32-20-30-58(44-60)59-31-21-33-61(45-59)66-48-64(54-24-6-2-7-25-54)50-68(52-66)80-75-40-18-14-36-71(75)78(72-37-15-19-41-76(72)80)62-43-42-55-26-10-11-29-57(55)46-62/h2-4,6-8,10-12,14,16,18,20-24,27,29-30,32-41,44-48,50-51,54-55,59,63,66H,1,5,9,13,15,17,19,25-26,28,31,42-43,49,52H2.